The average molecular weight is 288 g/mol. The maximum atomic E-state index is 12.9. The molecular formula is C16H21FN4. The minimum atomic E-state index is -0.201. The Morgan fingerprint density at radius 3 is 2.81 bits per heavy atom. The smallest absolute Gasteiger partial charge is 0.123 e. The Hall–Kier alpha value is -1.72. The van der Waals surface area contributed by atoms with Crippen molar-refractivity contribution in [3.63, 3.8) is 0 Å². The quantitative estimate of drug-likeness (QED) is 0.932. The number of nitrogens with one attached hydrogen (secondary N) is 1. The van der Waals surface area contributed by atoms with Gasteiger partial charge in [0.2, 0.25) is 0 Å². The van der Waals surface area contributed by atoms with Crippen LogP contribution in [0.25, 0.3) is 0 Å². The number of hydrogen-bond acceptors (Lipinski definition) is 3. The predicted octanol–water partition coefficient (Wildman–Crippen LogP) is 1.86. The third-order valence-electron chi connectivity index (χ3n) is 3.97. The Kier molecular flexibility index (Phi) is 4.31. The van der Waals surface area contributed by atoms with Gasteiger partial charge in [-0.2, -0.15) is 5.10 Å². The molecule has 1 aromatic carbocycles. The molecule has 2 aromatic rings. The van der Waals surface area contributed by atoms with Crippen molar-refractivity contribution in [1.82, 2.24) is 20.0 Å². The maximum absolute atomic E-state index is 12.9. The highest BCUT2D eigenvalue weighted by molar-refractivity contribution is 5.17. The van der Waals surface area contributed by atoms with E-state index in [1.165, 1.54) is 17.7 Å². The van der Waals surface area contributed by atoms with E-state index < -0.39 is 0 Å². The normalized spacial score (nSPS) is 19.8. The molecule has 0 bridgehead atoms. The second-order valence-electron chi connectivity index (χ2n) is 5.70. The van der Waals surface area contributed by atoms with Crippen molar-refractivity contribution < 1.29 is 4.39 Å². The molecule has 0 saturated carbocycles. The molecule has 4 nitrogen and oxygen atoms in total. The van der Waals surface area contributed by atoms with Crippen molar-refractivity contribution in [2.75, 3.05) is 19.6 Å². The molecule has 1 atom stereocenters. The van der Waals surface area contributed by atoms with Crippen molar-refractivity contribution in [2.24, 2.45) is 0 Å². The number of benzene rings is 1. The molecule has 2 heterocycles. The molecule has 1 aromatic heterocycles. The lowest BCUT2D eigenvalue weighted by Gasteiger charge is -2.33. The minimum Gasteiger partial charge on any atom is -0.314 e. The molecule has 1 aliphatic rings. The lowest BCUT2D eigenvalue weighted by atomic mass is 10.2. The fourth-order valence-electron chi connectivity index (χ4n) is 2.70. The van der Waals surface area contributed by atoms with Gasteiger partial charge in [-0.15, -0.1) is 0 Å². The van der Waals surface area contributed by atoms with Crippen LogP contribution in [0.3, 0.4) is 0 Å². The fraction of sp³-hybridized carbons (Fsp3) is 0.438. The summed E-state index contributed by atoms with van der Waals surface area (Å²) in [4.78, 5) is 2.47. The Bertz CT molecular complexity index is 578. The van der Waals surface area contributed by atoms with Crippen LogP contribution in [0.1, 0.15) is 18.1 Å². The van der Waals surface area contributed by atoms with Crippen molar-refractivity contribution >= 4 is 0 Å². The first-order valence-electron chi connectivity index (χ1n) is 7.41. The molecule has 0 amide bonds. The van der Waals surface area contributed by atoms with Crippen molar-refractivity contribution in [3.8, 4) is 0 Å². The fourth-order valence-corrected chi connectivity index (χ4v) is 2.70. The molecular weight excluding hydrogens is 267 g/mol. The Morgan fingerprint density at radius 2 is 2.05 bits per heavy atom. The van der Waals surface area contributed by atoms with E-state index in [0.717, 1.165) is 31.7 Å². The number of rotatable bonds is 4. The summed E-state index contributed by atoms with van der Waals surface area (Å²) in [6.07, 6.45) is 4.01. The SMILES string of the molecule is CC1CNCCN1Cc1cnn(Cc2ccc(F)cc2)c1. The highest BCUT2D eigenvalue weighted by Crippen LogP contribution is 2.11. The largest absolute Gasteiger partial charge is 0.314 e. The van der Waals surface area contributed by atoms with Crippen LogP contribution in [0, 0.1) is 5.82 Å². The zero-order chi connectivity index (χ0) is 14.7. The number of nitrogens with zero attached hydrogens (tertiary/aromatic N) is 3. The zero-order valence-corrected chi connectivity index (χ0v) is 12.3. The minimum absolute atomic E-state index is 0.201. The molecule has 1 aliphatic heterocycles. The Labute approximate surface area is 124 Å². The zero-order valence-electron chi connectivity index (χ0n) is 12.3. The van der Waals surface area contributed by atoms with Gasteiger partial charge in [-0.05, 0) is 24.6 Å². The van der Waals surface area contributed by atoms with Crippen molar-refractivity contribution in [2.45, 2.75) is 26.1 Å². The van der Waals surface area contributed by atoms with Gasteiger partial charge in [-0.1, -0.05) is 12.1 Å². The molecule has 5 heteroatoms. The first kappa shape index (κ1) is 14.2. The van der Waals surface area contributed by atoms with Crippen LogP contribution in [0.5, 0.6) is 0 Å². The predicted molar refractivity (Wildman–Crippen MR) is 80.5 cm³/mol. The van der Waals surface area contributed by atoms with Gasteiger partial charge in [0.25, 0.3) is 0 Å². The Morgan fingerprint density at radius 1 is 1.24 bits per heavy atom. The second-order valence-corrected chi connectivity index (χ2v) is 5.70. The molecule has 21 heavy (non-hydrogen) atoms. The number of hydrogen-bond donors (Lipinski definition) is 1. The van der Waals surface area contributed by atoms with Crippen molar-refractivity contribution in [3.05, 3.63) is 53.6 Å². The van der Waals surface area contributed by atoms with Crippen molar-refractivity contribution in [1.29, 1.82) is 0 Å². The summed E-state index contributed by atoms with van der Waals surface area (Å²) in [5.74, 6) is -0.201. The number of halogens is 1. The van der Waals surface area contributed by atoms with Gasteiger partial charge in [0.1, 0.15) is 5.82 Å². The molecule has 0 spiro atoms. The van der Waals surface area contributed by atoms with Crippen LogP contribution < -0.4 is 5.32 Å². The molecule has 3 rings (SSSR count). The third-order valence-corrected chi connectivity index (χ3v) is 3.97. The van der Waals surface area contributed by atoms with Crippen LogP contribution in [-0.4, -0.2) is 40.4 Å². The molecule has 0 aliphatic carbocycles. The topological polar surface area (TPSA) is 33.1 Å². The van der Waals surface area contributed by atoms with E-state index in [-0.39, 0.29) is 5.82 Å². The van der Waals surface area contributed by atoms with Gasteiger partial charge in [-0.25, -0.2) is 4.39 Å². The van der Waals surface area contributed by atoms with Crippen LogP contribution in [0.2, 0.25) is 0 Å². The average Bonchev–Trinajstić information content (AvgIpc) is 2.91. The first-order chi connectivity index (χ1) is 10.2. The van der Waals surface area contributed by atoms with Gasteiger partial charge in [0, 0.05) is 44.0 Å². The Balaban J connectivity index is 1.61. The van der Waals surface area contributed by atoms with Gasteiger partial charge >= 0.3 is 0 Å². The van der Waals surface area contributed by atoms with Gasteiger partial charge in [-0.3, -0.25) is 9.58 Å². The summed E-state index contributed by atoms with van der Waals surface area (Å²) >= 11 is 0. The van der Waals surface area contributed by atoms with E-state index in [1.54, 1.807) is 12.1 Å². The van der Waals surface area contributed by atoms with E-state index in [0.29, 0.717) is 12.6 Å². The van der Waals surface area contributed by atoms with Crippen LogP contribution >= 0.6 is 0 Å². The van der Waals surface area contributed by atoms with E-state index >= 15 is 0 Å². The maximum Gasteiger partial charge on any atom is 0.123 e. The molecule has 112 valence electrons. The first-order valence-corrected chi connectivity index (χ1v) is 7.41. The molecule has 1 N–H and O–H groups in total. The van der Waals surface area contributed by atoms with Crippen LogP contribution in [0.4, 0.5) is 4.39 Å². The molecule has 1 fully saturated rings. The molecule has 1 unspecified atom stereocenters. The van der Waals surface area contributed by atoms with E-state index in [2.05, 4.69) is 28.4 Å². The highest BCUT2D eigenvalue weighted by atomic mass is 19.1. The summed E-state index contributed by atoms with van der Waals surface area (Å²) in [6.45, 7) is 7.03. The summed E-state index contributed by atoms with van der Waals surface area (Å²) in [5.41, 5.74) is 2.28. The molecule has 1 saturated heterocycles. The summed E-state index contributed by atoms with van der Waals surface area (Å²) in [6, 6.07) is 7.13. The van der Waals surface area contributed by atoms with Crippen LogP contribution in [-0.2, 0) is 13.1 Å². The third kappa shape index (κ3) is 3.68. The summed E-state index contributed by atoms with van der Waals surface area (Å²) in [5, 5.41) is 7.80. The summed E-state index contributed by atoms with van der Waals surface area (Å²) < 4.78 is 14.8. The van der Waals surface area contributed by atoms with Gasteiger partial charge < -0.3 is 5.32 Å². The highest BCUT2D eigenvalue weighted by Gasteiger charge is 2.18. The molecule has 0 radical (unpaired) electrons. The lowest BCUT2D eigenvalue weighted by Crippen LogP contribution is -2.49. The summed E-state index contributed by atoms with van der Waals surface area (Å²) in [7, 11) is 0. The number of aromatic nitrogens is 2. The van der Waals surface area contributed by atoms with Crippen LogP contribution in [0.15, 0.2) is 36.7 Å². The van der Waals surface area contributed by atoms with E-state index in [1.807, 2.05) is 10.9 Å². The van der Waals surface area contributed by atoms with E-state index in [9.17, 15) is 4.39 Å². The monoisotopic (exact) mass is 288 g/mol. The van der Waals surface area contributed by atoms with E-state index in [4.69, 9.17) is 0 Å². The van der Waals surface area contributed by atoms with Gasteiger partial charge in [0.05, 0.1) is 12.7 Å². The second kappa shape index (κ2) is 6.37. The van der Waals surface area contributed by atoms with Gasteiger partial charge in [0.15, 0.2) is 0 Å². The number of piperazine rings is 1. The lowest BCUT2D eigenvalue weighted by molar-refractivity contribution is 0.165. The standard InChI is InChI=1S/C16H21FN4/c1-13-8-18-6-7-20(13)10-15-9-19-21(12-15)11-14-2-4-16(17)5-3-14/h2-5,9,12-13,18H,6-8,10-11H2,1H3.